The Labute approximate surface area is 96.2 Å². The zero-order chi connectivity index (χ0) is 9.97. The highest BCUT2D eigenvalue weighted by atomic mass is 79.9. The first-order valence-corrected chi connectivity index (χ1v) is 5.42. The normalized spacial score (nSPS) is 17.4. The molecule has 3 heteroatoms. The average molecular weight is 272 g/mol. The van der Waals surface area contributed by atoms with Crippen LogP contribution in [0, 0.1) is 0 Å². The van der Waals surface area contributed by atoms with Crippen molar-refractivity contribution < 1.29 is 4.74 Å². The zero-order valence-corrected chi connectivity index (χ0v) is 9.68. The fraction of sp³-hybridized carbons (Fsp3) is 0.0909. The van der Waals surface area contributed by atoms with Gasteiger partial charge in [0.25, 0.3) is 0 Å². The maximum Gasteiger partial charge on any atom is 0.127 e. The number of rotatable bonds is 0. The zero-order valence-electron chi connectivity index (χ0n) is 7.34. The van der Waals surface area contributed by atoms with Crippen LogP contribution in [0.3, 0.4) is 0 Å². The third kappa shape index (κ3) is 2.02. The topological polar surface area (TPSA) is 9.23 Å². The summed E-state index contributed by atoms with van der Waals surface area (Å²) < 4.78 is 6.62. The van der Waals surface area contributed by atoms with Crippen molar-refractivity contribution in [3.63, 3.8) is 0 Å². The smallest absolute Gasteiger partial charge is 0.127 e. The van der Waals surface area contributed by atoms with Crippen molar-refractivity contribution in [1.29, 1.82) is 0 Å². The molecule has 2 rings (SSSR count). The molecule has 0 bridgehead atoms. The molecule has 1 aromatic carbocycles. The summed E-state index contributed by atoms with van der Waals surface area (Å²) >= 11 is 9.04. The van der Waals surface area contributed by atoms with Crippen LogP contribution in [0.2, 0.25) is 0 Å². The van der Waals surface area contributed by atoms with Gasteiger partial charge >= 0.3 is 0 Å². The molecule has 0 amide bonds. The van der Waals surface area contributed by atoms with Crippen molar-refractivity contribution >= 4 is 33.6 Å². The summed E-state index contributed by atoms with van der Waals surface area (Å²) in [5, 5.41) is 0. The quantitative estimate of drug-likeness (QED) is 0.693. The van der Waals surface area contributed by atoms with Crippen LogP contribution < -0.4 is 4.74 Å². The van der Waals surface area contributed by atoms with Gasteiger partial charge in [0, 0.05) is 21.1 Å². The molecule has 0 radical (unpaired) electrons. The Hall–Kier alpha value is -0.730. The third-order valence-corrected chi connectivity index (χ3v) is 2.76. The van der Waals surface area contributed by atoms with Crippen LogP contribution in [0.4, 0.5) is 0 Å². The van der Waals surface area contributed by atoms with Crippen molar-refractivity contribution in [3.05, 3.63) is 45.4 Å². The van der Waals surface area contributed by atoms with E-state index < -0.39 is 0 Å². The van der Waals surface area contributed by atoms with Crippen molar-refractivity contribution in [2.75, 3.05) is 6.61 Å². The van der Waals surface area contributed by atoms with E-state index in [1.165, 1.54) is 5.54 Å². The van der Waals surface area contributed by atoms with Gasteiger partial charge in [-0.05, 0) is 18.2 Å². The van der Waals surface area contributed by atoms with Crippen LogP contribution in [-0.2, 0) is 0 Å². The molecule has 0 fully saturated rings. The van der Waals surface area contributed by atoms with Crippen LogP contribution in [0.15, 0.2) is 39.9 Å². The number of halogens is 2. The highest BCUT2D eigenvalue weighted by molar-refractivity contribution is 9.10. The first kappa shape index (κ1) is 9.81. The summed E-state index contributed by atoms with van der Waals surface area (Å²) in [5.74, 6) is 0.887. The summed E-state index contributed by atoms with van der Waals surface area (Å²) in [7, 11) is 0. The lowest BCUT2D eigenvalue weighted by molar-refractivity contribution is 0.356. The molecule has 0 spiro atoms. The van der Waals surface area contributed by atoms with Crippen LogP contribution in [0.25, 0.3) is 6.08 Å². The standard InChI is InChI=1S/C11H8BrClO/c12-10-3-4-11-9(5-10)2-1-8(6-13)7-14-11/h1-6H,7H2/b8-6-. The molecule has 1 aliphatic rings. The van der Waals surface area contributed by atoms with Gasteiger partial charge in [0.2, 0.25) is 0 Å². The lowest BCUT2D eigenvalue weighted by Crippen LogP contribution is -1.97. The molecule has 0 atom stereocenters. The Bertz CT molecular complexity index is 410. The molecular formula is C11H8BrClO. The molecule has 1 nitrogen and oxygen atoms in total. The van der Waals surface area contributed by atoms with Gasteiger partial charge in [0.15, 0.2) is 0 Å². The van der Waals surface area contributed by atoms with Crippen LogP contribution >= 0.6 is 27.5 Å². The van der Waals surface area contributed by atoms with Crippen molar-refractivity contribution in [2.24, 2.45) is 0 Å². The lowest BCUT2D eigenvalue weighted by atomic mass is 10.2. The highest BCUT2D eigenvalue weighted by Gasteiger charge is 2.06. The number of ether oxygens (including phenoxy) is 1. The van der Waals surface area contributed by atoms with E-state index in [9.17, 15) is 0 Å². The lowest BCUT2D eigenvalue weighted by Gasteiger charge is -2.06. The van der Waals surface area contributed by atoms with E-state index >= 15 is 0 Å². The second kappa shape index (κ2) is 4.20. The molecule has 0 N–H and O–H groups in total. The number of hydrogen-bond donors (Lipinski definition) is 0. The maximum atomic E-state index is 5.62. The summed E-state index contributed by atoms with van der Waals surface area (Å²) in [6.45, 7) is 0.522. The Morgan fingerprint density at radius 3 is 3.00 bits per heavy atom. The predicted octanol–water partition coefficient (Wildman–Crippen LogP) is 3.98. The molecule has 0 aliphatic carbocycles. The van der Waals surface area contributed by atoms with Crippen LogP contribution in [0.5, 0.6) is 5.75 Å². The van der Waals surface area contributed by atoms with E-state index in [-0.39, 0.29) is 0 Å². The summed E-state index contributed by atoms with van der Waals surface area (Å²) in [6.07, 6.45) is 3.96. The van der Waals surface area contributed by atoms with Gasteiger partial charge in [0.1, 0.15) is 12.4 Å². The predicted molar refractivity (Wildman–Crippen MR) is 62.6 cm³/mol. The number of fused-ring (bicyclic) bond motifs is 1. The SMILES string of the molecule is Cl/C=C1/C=Cc2cc(Br)ccc2OC1. The third-order valence-electron chi connectivity index (χ3n) is 1.98. The Balaban J connectivity index is 2.42. The van der Waals surface area contributed by atoms with Gasteiger partial charge in [-0.3, -0.25) is 0 Å². The summed E-state index contributed by atoms with van der Waals surface area (Å²) in [5.41, 5.74) is 3.57. The molecule has 14 heavy (non-hydrogen) atoms. The second-order valence-electron chi connectivity index (χ2n) is 2.99. The maximum absolute atomic E-state index is 5.62. The molecule has 0 saturated carbocycles. The molecular weight excluding hydrogens is 263 g/mol. The molecule has 1 heterocycles. The average Bonchev–Trinajstić information content (AvgIpc) is 2.39. The Kier molecular flexibility index (Phi) is 2.94. The van der Waals surface area contributed by atoms with Crippen LogP contribution in [-0.4, -0.2) is 6.61 Å². The monoisotopic (exact) mass is 270 g/mol. The first-order valence-electron chi connectivity index (χ1n) is 4.19. The van der Waals surface area contributed by atoms with Crippen molar-refractivity contribution in [1.82, 2.24) is 0 Å². The van der Waals surface area contributed by atoms with Crippen LogP contribution in [0.1, 0.15) is 5.56 Å². The Morgan fingerprint density at radius 2 is 2.21 bits per heavy atom. The first-order chi connectivity index (χ1) is 6.79. The molecule has 0 unspecified atom stereocenters. The molecule has 0 saturated heterocycles. The van der Waals surface area contributed by atoms with E-state index in [2.05, 4.69) is 15.9 Å². The summed E-state index contributed by atoms with van der Waals surface area (Å²) in [6, 6.07) is 5.92. The largest absolute Gasteiger partial charge is 0.488 e. The van der Waals surface area contributed by atoms with Gasteiger partial charge in [-0.1, -0.05) is 39.7 Å². The van der Waals surface area contributed by atoms with E-state index in [0.29, 0.717) is 6.61 Å². The molecule has 0 aromatic heterocycles. The van der Waals surface area contributed by atoms with Gasteiger partial charge in [-0.2, -0.15) is 0 Å². The van der Waals surface area contributed by atoms with E-state index in [4.69, 9.17) is 16.3 Å². The van der Waals surface area contributed by atoms with Crippen molar-refractivity contribution in [2.45, 2.75) is 0 Å². The second-order valence-corrected chi connectivity index (χ2v) is 4.12. The molecule has 72 valence electrons. The number of benzene rings is 1. The van der Waals surface area contributed by atoms with Crippen molar-refractivity contribution in [3.8, 4) is 5.75 Å². The molecule has 1 aromatic rings. The minimum absolute atomic E-state index is 0.522. The summed E-state index contributed by atoms with van der Waals surface area (Å²) in [4.78, 5) is 0. The van der Waals surface area contributed by atoms with Gasteiger partial charge < -0.3 is 4.74 Å². The van der Waals surface area contributed by atoms with E-state index in [1.807, 2.05) is 30.4 Å². The van der Waals surface area contributed by atoms with Gasteiger partial charge in [-0.25, -0.2) is 0 Å². The number of hydrogen-bond acceptors (Lipinski definition) is 1. The fourth-order valence-electron chi connectivity index (χ4n) is 1.25. The van der Waals surface area contributed by atoms with Gasteiger partial charge in [0.05, 0.1) is 0 Å². The van der Waals surface area contributed by atoms with Gasteiger partial charge in [-0.15, -0.1) is 0 Å². The highest BCUT2D eigenvalue weighted by Crippen LogP contribution is 2.27. The van der Waals surface area contributed by atoms with E-state index in [1.54, 1.807) is 0 Å². The fourth-order valence-corrected chi connectivity index (χ4v) is 1.77. The minimum Gasteiger partial charge on any atom is -0.488 e. The van der Waals surface area contributed by atoms with E-state index in [0.717, 1.165) is 21.4 Å². The Morgan fingerprint density at radius 1 is 1.36 bits per heavy atom. The minimum atomic E-state index is 0.522. The molecule has 1 aliphatic heterocycles.